The minimum absolute atomic E-state index is 0.00218. The second-order valence-corrected chi connectivity index (χ2v) is 7.35. The number of carbonyl (C=O) groups is 1. The maximum atomic E-state index is 12.9. The fraction of sp³-hybridized carbons (Fsp3) is 0.364. The van der Waals surface area contributed by atoms with E-state index in [0.29, 0.717) is 28.7 Å². The zero-order chi connectivity index (χ0) is 19.9. The van der Waals surface area contributed by atoms with E-state index in [1.165, 1.54) is 6.07 Å². The average molecular weight is 368 g/mol. The fourth-order valence-corrected chi connectivity index (χ4v) is 3.30. The van der Waals surface area contributed by atoms with Gasteiger partial charge in [-0.3, -0.25) is 4.79 Å². The lowest BCUT2D eigenvalue weighted by Gasteiger charge is -2.30. The third-order valence-corrected chi connectivity index (χ3v) is 4.79. The van der Waals surface area contributed by atoms with Crippen LogP contribution in [0.15, 0.2) is 33.0 Å². The fourth-order valence-electron chi connectivity index (χ4n) is 3.30. The molecule has 0 amide bonds. The lowest BCUT2D eigenvalue weighted by atomic mass is 9.91. The van der Waals surface area contributed by atoms with Crippen molar-refractivity contribution in [2.75, 3.05) is 0 Å². The van der Waals surface area contributed by atoms with Gasteiger partial charge in [0.2, 0.25) is 0 Å². The monoisotopic (exact) mass is 368 g/mol. The van der Waals surface area contributed by atoms with Gasteiger partial charge in [0.25, 0.3) is 0 Å². The lowest BCUT2D eigenvalue weighted by molar-refractivity contribution is 0.103. The zero-order valence-electron chi connectivity index (χ0n) is 16.3. The number of aryl methyl sites for hydroxylation is 1. The molecule has 0 spiro atoms. The minimum Gasteiger partial charge on any atom is -0.506 e. The highest BCUT2D eigenvalue weighted by atomic mass is 16.5. The number of hydrogen-bond acceptors (Lipinski definition) is 5. The van der Waals surface area contributed by atoms with Gasteiger partial charge in [-0.2, -0.15) is 0 Å². The average Bonchev–Trinajstić information content (AvgIpc) is 2.59. The van der Waals surface area contributed by atoms with E-state index in [4.69, 9.17) is 9.15 Å². The second-order valence-electron chi connectivity index (χ2n) is 7.35. The topological polar surface area (TPSA) is 76.7 Å². The summed E-state index contributed by atoms with van der Waals surface area (Å²) in [5, 5.41) is 11.5. The number of phenolic OH excluding ortho intramolecular Hbond substituents is 1. The Hall–Kier alpha value is -2.82. The SMILES string of the molecule is CC=C(C)C(=O)c1c(O)c2c(c3c(CCC)cc(=O)oc13)OC(C)(C)C=C2. The van der Waals surface area contributed by atoms with Gasteiger partial charge in [-0.25, -0.2) is 4.79 Å². The lowest BCUT2D eigenvalue weighted by Crippen LogP contribution is -2.28. The van der Waals surface area contributed by atoms with Crippen molar-refractivity contribution in [3.05, 3.63) is 50.9 Å². The first-order valence-corrected chi connectivity index (χ1v) is 9.11. The zero-order valence-corrected chi connectivity index (χ0v) is 16.3. The molecule has 3 rings (SSSR count). The number of ketones is 1. The molecule has 1 aliphatic heterocycles. The van der Waals surface area contributed by atoms with Crippen molar-refractivity contribution in [1.29, 1.82) is 0 Å². The predicted molar refractivity (Wildman–Crippen MR) is 106 cm³/mol. The van der Waals surface area contributed by atoms with E-state index in [1.807, 2.05) is 26.8 Å². The second kappa shape index (κ2) is 6.72. The summed E-state index contributed by atoms with van der Waals surface area (Å²) in [6.45, 7) is 9.22. The molecule has 5 nitrogen and oxygen atoms in total. The van der Waals surface area contributed by atoms with Gasteiger partial charge in [0.1, 0.15) is 22.7 Å². The van der Waals surface area contributed by atoms with Crippen LogP contribution >= 0.6 is 0 Å². The summed E-state index contributed by atoms with van der Waals surface area (Å²) >= 11 is 0. The maximum Gasteiger partial charge on any atom is 0.336 e. The number of allylic oxidation sites excluding steroid dienone is 2. The molecule has 0 unspecified atom stereocenters. The largest absolute Gasteiger partial charge is 0.506 e. The van der Waals surface area contributed by atoms with Gasteiger partial charge in [0.05, 0.1) is 10.9 Å². The number of rotatable bonds is 4. The van der Waals surface area contributed by atoms with E-state index < -0.39 is 11.2 Å². The Bertz CT molecular complexity index is 1050. The standard InChI is InChI=1S/C22H24O5/c1-6-8-13-11-15(23)26-21-16(13)20-14(9-10-22(4,5)27-20)19(25)17(21)18(24)12(3)7-2/h7,9-11,25H,6,8H2,1-5H3. The summed E-state index contributed by atoms with van der Waals surface area (Å²) in [5.41, 5.74) is 0.580. The molecule has 0 fully saturated rings. The number of fused-ring (bicyclic) bond motifs is 3. The Kier molecular flexibility index (Phi) is 4.72. The van der Waals surface area contributed by atoms with Crippen molar-refractivity contribution in [3.63, 3.8) is 0 Å². The Labute approximate surface area is 158 Å². The van der Waals surface area contributed by atoms with E-state index in [1.54, 1.807) is 26.0 Å². The number of hydrogen-bond donors (Lipinski definition) is 1. The van der Waals surface area contributed by atoms with E-state index in [2.05, 4.69) is 0 Å². The number of carbonyl (C=O) groups excluding carboxylic acids is 1. The summed E-state index contributed by atoms with van der Waals surface area (Å²) in [5.74, 6) is -0.165. The van der Waals surface area contributed by atoms with Gasteiger partial charge in [-0.1, -0.05) is 19.4 Å². The molecular weight excluding hydrogens is 344 g/mol. The molecule has 0 aliphatic carbocycles. The third-order valence-electron chi connectivity index (χ3n) is 4.79. The van der Waals surface area contributed by atoms with Crippen LogP contribution in [0.2, 0.25) is 0 Å². The number of ether oxygens (including phenoxy) is 1. The quantitative estimate of drug-likeness (QED) is 0.477. The van der Waals surface area contributed by atoms with Crippen LogP contribution in [0.1, 0.15) is 62.5 Å². The first-order valence-electron chi connectivity index (χ1n) is 9.11. The summed E-state index contributed by atoms with van der Waals surface area (Å²) in [6, 6.07) is 1.44. The summed E-state index contributed by atoms with van der Waals surface area (Å²) < 4.78 is 11.6. The van der Waals surface area contributed by atoms with Crippen LogP contribution in [0, 0.1) is 0 Å². The Morgan fingerprint density at radius 2 is 2.04 bits per heavy atom. The Morgan fingerprint density at radius 1 is 1.33 bits per heavy atom. The maximum absolute atomic E-state index is 12.9. The third kappa shape index (κ3) is 3.18. The smallest absolute Gasteiger partial charge is 0.336 e. The molecule has 1 aromatic heterocycles. The van der Waals surface area contributed by atoms with Gasteiger partial charge >= 0.3 is 5.63 Å². The molecule has 1 aromatic carbocycles. The highest BCUT2D eigenvalue weighted by Crippen LogP contribution is 2.46. The summed E-state index contributed by atoms with van der Waals surface area (Å²) in [4.78, 5) is 25.1. The molecule has 5 heteroatoms. The first kappa shape index (κ1) is 19.0. The van der Waals surface area contributed by atoms with Crippen LogP contribution in [-0.4, -0.2) is 16.5 Å². The van der Waals surface area contributed by atoms with Crippen molar-refractivity contribution in [2.24, 2.45) is 0 Å². The van der Waals surface area contributed by atoms with Crippen molar-refractivity contribution in [2.45, 2.75) is 53.1 Å². The molecule has 0 bridgehead atoms. The molecule has 0 radical (unpaired) electrons. The molecule has 0 saturated carbocycles. The molecule has 0 saturated heterocycles. The molecule has 1 aliphatic rings. The van der Waals surface area contributed by atoms with Crippen LogP contribution < -0.4 is 10.4 Å². The van der Waals surface area contributed by atoms with E-state index in [9.17, 15) is 14.7 Å². The van der Waals surface area contributed by atoms with Crippen LogP contribution in [0.25, 0.3) is 17.0 Å². The highest BCUT2D eigenvalue weighted by molar-refractivity contribution is 6.18. The van der Waals surface area contributed by atoms with Gasteiger partial charge in [0.15, 0.2) is 11.4 Å². The summed E-state index contributed by atoms with van der Waals surface area (Å²) in [6.07, 6.45) is 6.69. The molecule has 0 atom stereocenters. The number of phenols is 1. The van der Waals surface area contributed by atoms with E-state index >= 15 is 0 Å². The molecule has 1 N–H and O–H groups in total. The van der Waals surface area contributed by atoms with Crippen molar-refractivity contribution >= 4 is 22.8 Å². The summed E-state index contributed by atoms with van der Waals surface area (Å²) in [7, 11) is 0. The van der Waals surface area contributed by atoms with E-state index in [-0.39, 0.29) is 22.7 Å². The van der Waals surface area contributed by atoms with Crippen LogP contribution in [0.5, 0.6) is 11.5 Å². The predicted octanol–water partition coefficient (Wildman–Crippen LogP) is 4.78. The molecule has 2 heterocycles. The van der Waals surface area contributed by atoms with E-state index in [0.717, 1.165) is 12.0 Å². The van der Waals surface area contributed by atoms with Crippen LogP contribution in [0.3, 0.4) is 0 Å². The van der Waals surface area contributed by atoms with Gasteiger partial charge in [0, 0.05) is 6.07 Å². The van der Waals surface area contributed by atoms with Gasteiger partial charge in [-0.05, 0) is 57.4 Å². The Morgan fingerprint density at radius 3 is 2.67 bits per heavy atom. The minimum atomic E-state index is -0.587. The number of benzene rings is 1. The van der Waals surface area contributed by atoms with Crippen molar-refractivity contribution in [3.8, 4) is 11.5 Å². The highest BCUT2D eigenvalue weighted by Gasteiger charge is 2.32. The molecular formula is C22H24O5. The first-order chi connectivity index (χ1) is 12.7. The molecule has 2 aromatic rings. The van der Waals surface area contributed by atoms with Crippen LogP contribution in [-0.2, 0) is 6.42 Å². The molecule has 142 valence electrons. The van der Waals surface area contributed by atoms with Gasteiger partial charge in [-0.15, -0.1) is 0 Å². The van der Waals surface area contributed by atoms with Crippen molar-refractivity contribution < 1.29 is 19.1 Å². The normalized spacial score (nSPS) is 15.5. The molecule has 27 heavy (non-hydrogen) atoms. The van der Waals surface area contributed by atoms with Gasteiger partial charge < -0.3 is 14.3 Å². The van der Waals surface area contributed by atoms with Crippen molar-refractivity contribution in [1.82, 2.24) is 0 Å². The van der Waals surface area contributed by atoms with Crippen LogP contribution in [0.4, 0.5) is 0 Å². The Balaban J connectivity index is 2.53. The number of aromatic hydroxyl groups is 1. The number of Topliss-reactive ketones (excluding diaryl/α,β-unsaturated/α-hetero) is 1.